The van der Waals surface area contributed by atoms with Crippen LogP contribution in [0.3, 0.4) is 0 Å². The lowest BCUT2D eigenvalue weighted by molar-refractivity contribution is 0.307. The van der Waals surface area contributed by atoms with E-state index in [4.69, 9.17) is 0 Å². The monoisotopic (exact) mass is 232 g/mol. The third-order valence-corrected chi connectivity index (χ3v) is 3.16. The van der Waals surface area contributed by atoms with Crippen LogP contribution in [0.1, 0.15) is 72.1 Å². The van der Waals surface area contributed by atoms with Gasteiger partial charge in [0, 0.05) is 0 Å². The summed E-state index contributed by atoms with van der Waals surface area (Å²) in [5.74, 6) is 0. The Morgan fingerprint density at radius 1 is 0.938 bits per heavy atom. The van der Waals surface area contributed by atoms with Crippen LogP contribution in [-0.2, 0) is 0 Å². The third-order valence-electron chi connectivity index (χ3n) is 3.16. The van der Waals surface area contributed by atoms with Crippen molar-refractivity contribution in [2.24, 2.45) is 5.41 Å². The summed E-state index contributed by atoms with van der Waals surface area (Å²) in [5.41, 5.74) is -0.289. The van der Waals surface area contributed by atoms with Gasteiger partial charge in [-0.15, -0.1) is 0 Å². The van der Waals surface area contributed by atoms with E-state index >= 15 is 0 Å². The fourth-order valence-corrected chi connectivity index (χ4v) is 2.07. The SMILES string of the molecule is CCCCCCC(C)(C=C(F)F)CCCC. The number of hydrogen-bond acceptors (Lipinski definition) is 0. The highest BCUT2D eigenvalue weighted by Gasteiger charge is 2.21. The third kappa shape index (κ3) is 7.84. The molecule has 0 aliphatic heterocycles. The molecule has 0 aliphatic rings. The minimum Gasteiger partial charge on any atom is -0.174 e. The van der Waals surface area contributed by atoms with Gasteiger partial charge in [-0.25, -0.2) is 0 Å². The van der Waals surface area contributed by atoms with Gasteiger partial charge in [-0.1, -0.05) is 59.3 Å². The van der Waals surface area contributed by atoms with Gasteiger partial charge in [0.2, 0.25) is 0 Å². The maximum atomic E-state index is 12.4. The van der Waals surface area contributed by atoms with E-state index in [9.17, 15) is 8.78 Å². The molecule has 0 amide bonds. The van der Waals surface area contributed by atoms with E-state index in [0.29, 0.717) is 0 Å². The molecule has 1 atom stereocenters. The van der Waals surface area contributed by atoms with Crippen LogP contribution in [0.4, 0.5) is 8.78 Å². The molecule has 0 spiro atoms. The number of halogens is 2. The van der Waals surface area contributed by atoms with Crippen molar-refractivity contribution in [2.45, 2.75) is 72.1 Å². The second kappa shape index (κ2) is 8.72. The quantitative estimate of drug-likeness (QED) is 0.432. The molecular weight excluding hydrogens is 206 g/mol. The van der Waals surface area contributed by atoms with Crippen molar-refractivity contribution < 1.29 is 8.78 Å². The molecular formula is C14H26F2. The van der Waals surface area contributed by atoms with Crippen LogP contribution < -0.4 is 0 Å². The summed E-state index contributed by atoms with van der Waals surface area (Å²) in [4.78, 5) is 0. The molecule has 2 heteroatoms. The van der Waals surface area contributed by atoms with E-state index in [1.807, 2.05) is 6.92 Å². The lowest BCUT2D eigenvalue weighted by Gasteiger charge is -2.25. The molecule has 0 saturated carbocycles. The van der Waals surface area contributed by atoms with E-state index in [1.54, 1.807) is 0 Å². The fourth-order valence-electron chi connectivity index (χ4n) is 2.07. The molecule has 0 aromatic rings. The first-order valence-electron chi connectivity index (χ1n) is 6.58. The lowest BCUT2D eigenvalue weighted by Crippen LogP contribution is -2.13. The van der Waals surface area contributed by atoms with Crippen molar-refractivity contribution in [3.8, 4) is 0 Å². The summed E-state index contributed by atoms with van der Waals surface area (Å²) in [6.07, 6.45) is 8.18. The molecule has 16 heavy (non-hydrogen) atoms. The molecule has 0 heterocycles. The van der Waals surface area contributed by atoms with Crippen LogP contribution in [0, 0.1) is 5.41 Å². The Labute approximate surface area is 99.1 Å². The largest absolute Gasteiger partial charge is 0.266 e. The number of rotatable bonds is 9. The minimum absolute atomic E-state index is 0.289. The van der Waals surface area contributed by atoms with Crippen molar-refractivity contribution in [1.29, 1.82) is 0 Å². The number of allylic oxidation sites excluding steroid dienone is 1. The molecule has 0 rings (SSSR count). The predicted molar refractivity (Wildman–Crippen MR) is 66.7 cm³/mol. The molecule has 1 unspecified atom stereocenters. The standard InChI is InChI=1S/C14H26F2/c1-4-6-8-9-11-14(3,10-7-5-2)12-13(15)16/h12H,4-11H2,1-3H3. The van der Waals surface area contributed by atoms with E-state index in [2.05, 4.69) is 13.8 Å². The van der Waals surface area contributed by atoms with Crippen molar-refractivity contribution >= 4 is 0 Å². The summed E-state index contributed by atoms with van der Waals surface area (Å²) in [6, 6.07) is 0. The van der Waals surface area contributed by atoms with Crippen LogP contribution >= 0.6 is 0 Å². The smallest absolute Gasteiger partial charge is 0.174 e. The van der Waals surface area contributed by atoms with Crippen LogP contribution in [0.5, 0.6) is 0 Å². The lowest BCUT2D eigenvalue weighted by atomic mass is 9.80. The number of unbranched alkanes of at least 4 members (excludes halogenated alkanes) is 4. The van der Waals surface area contributed by atoms with Gasteiger partial charge in [-0.05, 0) is 24.3 Å². The van der Waals surface area contributed by atoms with Crippen molar-refractivity contribution in [2.75, 3.05) is 0 Å². The van der Waals surface area contributed by atoms with Gasteiger partial charge in [0.15, 0.2) is 0 Å². The highest BCUT2D eigenvalue weighted by atomic mass is 19.3. The van der Waals surface area contributed by atoms with Crippen molar-refractivity contribution in [3.63, 3.8) is 0 Å². The van der Waals surface area contributed by atoms with Gasteiger partial charge >= 0.3 is 0 Å². The van der Waals surface area contributed by atoms with Gasteiger partial charge in [0.05, 0.1) is 0 Å². The summed E-state index contributed by atoms with van der Waals surface area (Å²) < 4.78 is 24.8. The second-order valence-electron chi connectivity index (χ2n) is 5.00. The number of hydrogen-bond donors (Lipinski definition) is 0. The average Bonchev–Trinajstić information content (AvgIpc) is 2.21. The Morgan fingerprint density at radius 2 is 1.50 bits per heavy atom. The Bertz CT molecular complexity index is 195. The van der Waals surface area contributed by atoms with Gasteiger partial charge in [-0.3, -0.25) is 0 Å². The summed E-state index contributed by atoms with van der Waals surface area (Å²) >= 11 is 0. The second-order valence-corrected chi connectivity index (χ2v) is 5.00. The molecule has 96 valence electrons. The van der Waals surface area contributed by atoms with E-state index in [0.717, 1.165) is 32.1 Å². The van der Waals surface area contributed by atoms with Gasteiger partial charge in [-0.2, -0.15) is 8.78 Å². The maximum absolute atomic E-state index is 12.4. The molecule has 0 aliphatic carbocycles. The average molecular weight is 232 g/mol. The molecule has 0 radical (unpaired) electrons. The first-order valence-corrected chi connectivity index (χ1v) is 6.58. The Kier molecular flexibility index (Phi) is 8.50. The highest BCUT2D eigenvalue weighted by Crippen LogP contribution is 2.34. The molecule has 0 bridgehead atoms. The highest BCUT2D eigenvalue weighted by molar-refractivity contribution is 4.97. The van der Waals surface area contributed by atoms with Crippen LogP contribution in [0.15, 0.2) is 12.2 Å². The zero-order valence-corrected chi connectivity index (χ0v) is 11.0. The minimum atomic E-state index is -1.52. The maximum Gasteiger partial charge on any atom is 0.266 e. The van der Waals surface area contributed by atoms with Crippen LogP contribution in [-0.4, -0.2) is 0 Å². The summed E-state index contributed by atoms with van der Waals surface area (Å²) in [6.45, 7) is 6.23. The predicted octanol–water partition coefficient (Wildman–Crippen LogP) is 5.93. The van der Waals surface area contributed by atoms with Gasteiger partial charge < -0.3 is 0 Å². The molecule has 0 aromatic heterocycles. The van der Waals surface area contributed by atoms with Gasteiger partial charge in [0.25, 0.3) is 6.08 Å². The van der Waals surface area contributed by atoms with E-state index in [-0.39, 0.29) is 5.41 Å². The van der Waals surface area contributed by atoms with E-state index < -0.39 is 6.08 Å². The van der Waals surface area contributed by atoms with Crippen molar-refractivity contribution in [1.82, 2.24) is 0 Å². The molecule has 0 aromatic carbocycles. The first kappa shape index (κ1) is 15.6. The Balaban J connectivity index is 4.13. The normalized spacial score (nSPS) is 14.6. The molecule has 0 fully saturated rings. The Morgan fingerprint density at radius 3 is 2.00 bits per heavy atom. The van der Waals surface area contributed by atoms with Crippen LogP contribution in [0.2, 0.25) is 0 Å². The zero-order valence-electron chi connectivity index (χ0n) is 11.0. The van der Waals surface area contributed by atoms with Crippen molar-refractivity contribution in [3.05, 3.63) is 12.2 Å². The first-order chi connectivity index (χ1) is 7.54. The zero-order chi connectivity index (χ0) is 12.4. The van der Waals surface area contributed by atoms with E-state index in [1.165, 1.54) is 25.3 Å². The molecule has 0 nitrogen and oxygen atoms in total. The summed E-state index contributed by atoms with van der Waals surface area (Å²) in [7, 11) is 0. The van der Waals surface area contributed by atoms with Crippen LogP contribution in [0.25, 0.3) is 0 Å². The molecule has 0 N–H and O–H groups in total. The molecule has 0 saturated heterocycles. The summed E-state index contributed by atoms with van der Waals surface area (Å²) in [5, 5.41) is 0. The van der Waals surface area contributed by atoms with Gasteiger partial charge in [0.1, 0.15) is 0 Å². The topological polar surface area (TPSA) is 0 Å². The Hall–Kier alpha value is -0.400. The fraction of sp³-hybridized carbons (Fsp3) is 0.857.